The van der Waals surface area contributed by atoms with Crippen molar-refractivity contribution in [2.75, 3.05) is 32.8 Å². The molecule has 1 fully saturated rings. The highest BCUT2D eigenvalue weighted by Gasteiger charge is 2.23. The van der Waals surface area contributed by atoms with Gasteiger partial charge in [-0.25, -0.2) is 0 Å². The van der Waals surface area contributed by atoms with Gasteiger partial charge < -0.3 is 10.1 Å². The van der Waals surface area contributed by atoms with Gasteiger partial charge in [-0.1, -0.05) is 6.92 Å². The maximum Gasteiger partial charge on any atom is 0.0702 e. The standard InChI is InChI=1S/C15H32N2O/c1-4-10-16-11-6-8-14(3)17-12-7-9-15(13-17)18-5-2/h14-16H,4-13H2,1-3H3. The van der Waals surface area contributed by atoms with Gasteiger partial charge in [-0.3, -0.25) is 4.90 Å². The van der Waals surface area contributed by atoms with Crippen LogP contribution < -0.4 is 5.32 Å². The van der Waals surface area contributed by atoms with Gasteiger partial charge in [0.05, 0.1) is 6.10 Å². The van der Waals surface area contributed by atoms with Crippen LogP contribution in [0.2, 0.25) is 0 Å². The maximum absolute atomic E-state index is 5.77. The fourth-order valence-corrected chi connectivity index (χ4v) is 2.75. The van der Waals surface area contributed by atoms with Gasteiger partial charge in [0.15, 0.2) is 0 Å². The summed E-state index contributed by atoms with van der Waals surface area (Å²) >= 11 is 0. The predicted molar refractivity (Wildman–Crippen MR) is 78.1 cm³/mol. The molecule has 0 aliphatic carbocycles. The maximum atomic E-state index is 5.77. The zero-order chi connectivity index (χ0) is 13.2. The average Bonchev–Trinajstić information content (AvgIpc) is 2.39. The molecule has 1 aliphatic heterocycles. The minimum absolute atomic E-state index is 0.476. The molecule has 0 spiro atoms. The molecule has 0 amide bonds. The molecule has 1 saturated heterocycles. The third-order valence-electron chi connectivity index (χ3n) is 3.84. The first-order valence-electron chi connectivity index (χ1n) is 7.84. The van der Waals surface area contributed by atoms with Crippen molar-refractivity contribution in [3.05, 3.63) is 0 Å². The number of nitrogens with one attached hydrogen (secondary N) is 1. The van der Waals surface area contributed by atoms with Crippen molar-refractivity contribution in [2.24, 2.45) is 0 Å². The highest BCUT2D eigenvalue weighted by Crippen LogP contribution is 2.17. The summed E-state index contributed by atoms with van der Waals surface area (Å²) in [6.07, 6.45) is 6.84. The molecule has 3 nitrogen and oxygen atoms in total. The van der Waals surface area contributed by atoms with Crippen LogP contribution in [0, 0.1) is 0 Å². The summed E-state index contributed by atoms with van der Waals surface area (Å²) in [5.41, 5.74) is 0. The zero-order valence-electron chi connectivity index (χ0n) is 12.6. The summed E-state index contributed by atoms with van der Waals surface area (Å²) in [5.74, 6) is 0. The summed E-state index contributed by atoms with van der Waals surface area (Å²) < 4.78 is 5.77. The van der Waals surface area contributed by atoms with E-state index < -0.39 is 0 Å². The molecule has 3 heteroatoms. The van der Waals surface area contributed by atoms with Crippen molar-refractivity contribution in [1.82, 2.24) is 10.2 Å². The first-order valence-corrected chi connectivity index (χ1v) is 7.84. The molecule has 0 aromatic heterocycles. The average molecular weight is 256 g/mol. The summed E-state index contributed by atoms with van der Waals surface area (Å²) in [7, 11) is 0. The van der Waals surface area contributed by atoms with Crippen LogP contribution >= 0.6 is 0 Å². The first kappa shape index (κ1) is 15.9. The van der Waals surface area contributed by atoms with Gasteiger partial charge in [-0.15, -0.1) is 0 Å². The van der Waals surface area contributed by atoms with Crippen LogP contribution in [0.1, 0.15) is 52.9 Å². The predicted octanol–water partition coefficient (Wildman–Crippen LogP) is 2.66. The van der Waals surface area contributed by atoms with E-state index >= 15 is 0 Å². The SMILES string of the molecule is CCCNCCCC(C)N1CCCC(OCC)C1. The molecule has 1 heterocycles. The first-order chi connectivity index (χ1) is 8.77. The van der Waals surface area contributed by atoms with E-state index in [1.807, 2.05) is 0 Å². The second-order valence-corrected chi connectivity index (χ2v) is 5.46. The Morgan fingerprint density at radius 1 is 1.33 bits per heavy atom. The Hall–Kier alpha value is -0.120. The fraction of sp³-hybridized carbons (Fsp3) is 1.00. The largest absolute Gasteiger partial charge is 0.377 e. The molecule has 0 bridgehead atoms. The Labute approximate surface area is 113 Å². The molecule has 0 radical (unpaired) electrons. The van der Waals surface area contributed by atoms with Crippen molar-refractivity contribution >= 4 is 0 Å². The lowest BCUT2D eigenvalue weighted by atomic mass is 10.0. The van der Waals surface area contributed by atoms with Crippen LogP contribution in [-0.2, 0) is 4.74 Å². The van der Waals surface area contributed by atoms with E-state index in [1.165, 1.54) is 45.2 Å². The van der Waals surface area contributed by atoms with Gasteiger partial charge in [0.2, 0.25) is 0 Å². The summed E-state index contributed by atoms with van der Waals surface area (Å²) in [6.45, 7) is 12.3. The van der Waals surface area contributed by atoms with Crippen LogP contribution in [0.3, 0.4) is 0 Å². The Kier molecular flexibility index (Phi) is 8.64. The molecule has 0 aromatic carbocycles. The van der Waals surface area contributed by atoms with E-state index in [4.69, 9.17) is 4.74 Å². The Balaban J connectivity index is 2.13. The number of piperidine rings is 1. The Bertz CT molecular complexity index is 197. The highest BCUT2D eigenvalue weighted by molar-refractivity contribution is 4.77. The molecule has 1 rings (SSSR count). The lowest BCUT2D eigenvalue weighted by Gasteiger charge is -2.36. The summed E-state index contributed by atoms with van der Waals surface area (Å²) in [6, 6.07) is 0.705. The number of ether oxygens (including phenoxy) is 1. The molecular formula is C15H32N2O. The minimum Gasteiger partial charge on any atom is -0.377 e. The fourth-order valence-electron chi connectivity index (χ4n) is 2.75. The van der Waals surface area contributed by atoms with Crippen LogP contribution in [0.4, 0.5) is 0 Å². The van der Waals surface area contributed by atoms with E-state index in [2.05, 4.69) is 31.0 Å². The van der Waals surface area contributed by atoms with E-state index in [0.717, 1.165) is 19.7 Å². The van der Waals surface area contributed by atoms with Crippen molar-refractivity contribution < 1.29 is 4.74 Å². The molecule has 108 valence electrons. The van der Waals surface area contributed by atoms with Crippen LogP contribution in [0.25, 0.3) is 0 Å². The van der Waals surface area contributed by atoms with Gasteiger partial charge in [-0.05, 0) is 65.6 Å². The van der Waals surface area contributed by atoms with E-state index in [-0.39, 0.29) is 0 Å². The third kappa shape index (κ3) is 6.17. The van der Waals surface area contributed by atoms with Gasteiger partial charge >= 0.3 is 0 Å². The van der Waals surface area contributed by atoms with Gasteiger partial charge in [0, 0.05) is 19.2 Å². The number of rotatable bonds is 9. The molecular weight excluding hydrogens is 224 g/mol. The van der Waals surface area contributed by atoms with Crippen LogP contribution in [0.15, 0.2) is 0 Å². The number of likely N-dealkylation sites (tertiary alicyclic amines) is 1. The number of hydrogen-bond donors (Lipinski definition) is 1. The Morgan fingerprint density at radius 3 is 2.89 bits per heavy atom. The molecule has 0 saturated carbocycles. The van der Waals surface area contributed by atoms with Gasteiger partial charge in [0.25, 0.3) is 0 Å². The molecule has 1 N–H and O–H groups in total. The molecule has 2 atom stereocenters. The second kappa shape index (κ2) is 9.76. The minimum atomic E-state index is 0.476. The smallest absolute Gasteiger partial charge is 0.0702 e. The molecule has 1 aliphatic rings. The molecule has 2 unspecified atom stereocenters. The lowest BCUT2D eigenvalue weighted by molar-refractivity contribution is -0.00620. The summed E-state index contributed by atoms with van der Waals surface area (Å²) in [5, 5.41) is 3.48. The molecule has 18 heavy (non-hydrogen) atoms. The Morgan fingerprint density at radius 2 is 2.17 bits per heavy atom. The van der Waals surface area contributed by atoms with Crippen LogP contribution in [0.5, 0.6) is 0 Å². The van der Waals surface area contributed by atoms with Gasteiger partial charge in [-0.2, -0.15) is 0 Å². The van der Waals surface area contributed by atoms with Crippen LogP contribution in [-0.4, -0.2) is 49.8 Å². The van der Waals surface area contributed by atoms with E-state index in [1.54, 1.807) is 0 Å². The zero-order valence-corrected chi connectivity index (χ0v) is 12.6. The number of nitrogens with zero attached hydrogens (tertiary/aromatic N) is 1. The van der Waals surface area contributed by atoms with Crippen molar-refractivity contribution in [3.63, 3.8) is 0 Å². The molecule has 0 aromatic rings. The quantitative estimate of drug-likeness (QED) is 0.642. The summed E-state index contributed by atoms with van der Waals surface area (Å²) in [4.78, 5) is 2.61. The highest BCUT2D eigenvalue weighted by atomic mass is 16.5. The normalized spacial score (nSPS) is 23.2. The van der Waals surface area contributed by atoms with E-state index in [0.29, 0.717) is 12.1 Å². The van der Waals surface area contributed by atoms with Crippen molar-refractivity contribution in [3.8, 4) is 0 Å². The lowest BCUT2D eigenvalue weighted by Crippen LogP contribution is -2.44. The topological polar surface area (TPSA) is 24.5 Å². The second-order valence-electron chi connectivity index (χ2n) is 5.46. The third-order valence-corrected chi connectivity index (χ3v) is 3.84. The van der Waals surface area contributed by atoms with E-state index in [9.17, 15) is 0 Å². The number of hydrogen-bond acceptors (Lipinski definition) is 3. The van der Waals surface area contributed by atoms with Crippen molar-refractivity contribution in [1.29, 1.82) is 0 Å². The monoisotopic (exact) mass is 256 g/mol. The van der Waals surface area contributed by atoms with Crippen molar-refractivity contribution in [2.45, 2.75) is 65.0 Å². The van der Waals surface area contributed by atoms with Gasteiger partial charge in [0.1, 0.15) is 0 Å².